The SMILES string of the molecule is C=CCc1cc(/C=C2\C(=O)ON=C2C)cc(OC)c1OCc1ccc(Br)cc1. The fraction of sp³-hybridized carbons (Fsp3) is 0.182. The first-order valence-electron chi connectivity index (χ1n) is 8.69. The number of carbonyl (C=O) groups excluding carboxylic acids is 1. The third kappa shape index (κ3) is 4.51. The molecule has 0 N–H and O–H groups in total. The van der Waals surface area contributed by atoms with E-state index in [1.54, 1.807) is 26.2 Å². The van der Waals surface area contributed by atoms with E-state index >= 15 is 0 Å². The van der Waals surface area contributed by atoms with Crippen molar-refractivity contribution in [1.29, 1.82) is 0 Å². The van der Waals surface area contributed by atoms with Crippen LogP contribution in [-0.2, 0) is 22.7 Å². The second-order valence-corrected chi connectivity index (χ2v) is 7.15. The number of allylic oxidation sites excluding steroid dienone is 1. The predicted molar refractivity (Wildman–Crippen MR) is 113 cm³/mol. The highest BCUT2D eigenvalue weighted by atomic mass is 79.9. The van der Waals surface area contributed by atoms with Crippen molar-refractivity contribution in [2.24, 2.45) is 5.16 Å². The molecule has 3 rings (SSSR count). The normalized spacial score (nSPS) is 14.6. The number of halogens is 1. The molecule has 0 radical (unpaired) electrons. The molecule has 0 aromatic heterocycles. The molecule has 0 fully saturated rings. The third-order valence-corrected chi connectivity index (χ3v) is 4.75. The van der Waals surface area contributed by atoms with Crippen molar-refractivity contribution in [1.82, 2.24) is 0 Å². The van der Waals surface area contributed by atoms with Crippen LogP contribution >= 0.6 is 15.9 Å². The van der Waals surface area contributed by atoms with E-state index in [2.05, 4.69) is 27.7 Å². The van der Waals surface area contributed by atoms with Crippen LogP contribution in [0.25, 0.3) is 6.08 Å². The van der Waals surface area contributed by atoms with Gasteiger partial charge in [-0.2, -0.15) is 0 Å². The number of ether oxygens (including phenoxy) is 2. The lowest BCUT2D eigenvalue weighted by Gasteiger charge is -2.16. The summed E-state index contributed by atoms with van der Waals surface area (Å²) in [5.74, 6) is 0.786. The summed E-state index contributed by atoms with van der Waals surface area (Å²) in [5, 5.41) is 3.71. The highest BCUT2D eigenvalue weighted by Gasteiger charge is 2.22. The van der Waals surface area contributed by atoms with Crippen molar-refractivity contribution < 1.29 is 19.1 Å². The van der Waals surface area contributed by atoms with Gasteiger partial charge in [-0.05, 0) is 54.8 Å². The predicted octanol–water partition coefficient (Wildman–Crippen LogP) is 5.08. The monoisotopic (exact) mass is 441 g/mol. The van der Waals surface area contributed by atoms with Crippen LogP contribution in [0.4, 0.5) is 0 Å². The van der Waals surface area contributed by atoms with E-state index in [4.69, 9.17) is 14.3 Å². The van der Waals surface area contributed by atoms with E-state index in [-0.39, 0.29) is 0 Å². The number of oxime groups is 1. The van der Waals surface area contributed by atoms with Crippen molar-refractivity contribution in [2.75, 3.05) is 7.11 Å². The molecule has 144 valence electrons. The van der Waals surface area contributed by atoms with Crippen molar-refractivity contribution in [3.63, 3.8) is 0 Å². The summed E-state index contributed by atoms with van der Waals surface area (Å²) in [5.41, 5.74) is 3.73. The Morgan fingerprint density at radius 3 is 2.61 bits per heavy atom. The lowest BCUT2D eigenvalue weighted by atomic mass is 10.0. The van der Waals surface area contributed by atoms with Crippen LogP contribution in [0.5, 0.6) is 11.5 Å². The summed E-state index contributed by atoms with van der Waals surface area (Å²) in [4.78, 5) is 16.5. The second kappa shape index (κ2) is 8.89. The van der Waals surface area contributed by atoms with E-state index in [1.807, 2.05) is 36.4 Å². The Labute approximate surface area is 172 Å². The summed E-state index contributed by atoms with van der Waals surface area (Å²) in [7, 11) is 1.59. The third-order valence-electron chi connectivity index (χ3n) is 4.22. The van der Waals surface area contributed by atoms with Crippen molar-refractivity contribution in [3.8, 4) is 11.5 Å². The smallest absolute Gasteiger partial charge is 0.367 e. The quantitative estimate of drug-likeness (QED) is 0.341. The van der Waals surface area contributed by atoms with Gasteiger partial charge in [0.2, 0.25) is 0 Å². The highest BCUT2D eigenvalue weighted by Crippen LogP contribution is 2.35. The number of nitrogens with zero attached hydrogens (tertiary/aromatic N) is 1. The van der Waals surface area contributed by atoms with Gasteiger partial charge >= 0.3 is 5.97 Å². The molecule has 0 aliphatic carbocycles. The van der Waals surface area contributed by atoms with E-state index in [1.165, 1.54) is 0 Å². The van der Waals surface area contributed by atoms with Crippen molar-refractivity contribution in [3.05, 3.63) is 75.8 Å². The molecule has 28 heavy (non-hydrogen) atoms. The fourth-order valence-corrected chi connectivity index (χ4v) is 3.08. The lowest BCUT2D eigenvalue weighted by molar-refractivity contribution is -0.136. The van der Waals surface area contributed by atoms with E-state index in [0.29, 0.717) is 35.8 Å². The van der Waals surface area contributed by atoms with Gasteiger partial charge in [-0.25, -0.2) is 4.79 Å². The summed E-state index contributed by atoms with van der Waals surface area (Å²) < 4.78 is 12.7. The molecular formula is C22H20BrNO4. The average molecular weight is 442 g/mol. The van der Waals surface area contributed by atoms with Crippen molar-refractivity contribution in [2.45, 2.75) is 20.0 Å². The molecule has 1 heterocycles. The molecule has 0 bridgehead atoms. The Morgan fingerprint density at radius 2 is 2.00 bits per heavy atom. The van der Waals surface area contributed by atoms with Gasteiger partial charge in [0.15, 0.2) is 11.5 Å². The maximum absolute atomic E-state index is 11.8. The number of rotatable bonds is 7. The maximum Gasteiger partial charge on any atom is 0.367 e. The Hall–Kier alpha value is -2.86. The molecule has 0 atom stereocenters. The van der Waals surface area contributed by atoms with E-state index in [9.17, 15) is 4.79 Å². The molecule has 0 unspecified atom stereocenters. The molecule has 6 heteroatoms. The minimum Gasteiger partial charge on any atom is -0.493 e. The molecule has 2 aromatic carbocycles. The Bertz CT molecular complexity index is 961. The maximum atomic E-state index is 11.8. The largest absolute Gasteiger partial charge is 0.493 e. The number of methoxy groups -OCH3 is 1. The van der Waals surface area contributed by atoms with Crippen LogP contribution in [0.15, 0.2) is 64.3 Å². The van der Waals surface area contributed by atoms with E-state index in [0.717, 1.165) is 21.2 Å². The first kappa shape index (κ1) is 19.9. The summed E-state index contributed by atoms with van der Waals surface area (Å²) in [6.45, 7) is 5.97. The molecule has 0 spiro atoms. The molecule has 1 aliphatic heterocycles. The van der Waals surface area contributed by atoms with Gasteiger partial charge in [0.25, 0.3) is 0 Å². The van der Waals surface area contributed by atoms with Gasteiger partial charge < -0.3 is 14.3 Å². The highest BCUT2D eigenvalue weighted by molar-refractivity contribution is 9.10. The van der Waals surface area contributed by atoms with Crippen LogP contribution in [0.3, 0.4) is 0 Å². The van der Waals surface area contributed by atoms with Crippen molar-refractivity contribution >= 4 is 33.7 Å². The second-order valence-electron chi connectivity index (χ2n) is 6.23. The topological polar surface area (TPSA) is 57.1 Å². The summed E-state index contributed by atoms with van der Waals surface area (Å²) in [6, 6.07) is 11.7. The molecule has 0 amide bonds. The van der Waals surface area contributed by atoms with Gasteiger partial charge in [0.05, 0.1) is 18.4 Å². The molecule has 5 nitrogen and oxygen atoms in total. The number of benzene rings is 2. The van der Waals surface area contributed by atoms with Gasteiger partial charge in [-0.3, -0.25) is 0 Å². The Morgan fingerprint density at radius 1 is 1.25 bits per heavy atom. The van der Waals surface area contributed by atoms with Crippen LogP contribution in [0.2, 0.25) is 0 Å². The van der Waals surface area contributed by atoms with Gasteiger partial charge in [0.1, 0.15) is 6.61 Å². The lowest BCUT2D eigenvalue weighted by Crippen LogP contribution is -2.04. The number of hydrogen-bond donors (Lipinski definition) is 0. The zero-order valence-electron chi connectivity index (χ0n) is 15.7. The standard InChI is InChI=1S/C22H20BrNO4/c1-4-5-17-10-16(11-19-14(2)24-28-22(19)25)12-20(26-3)21(17)27-13-15-6-8-18(23)9-7-15/h4,6-12H,1,5,13H2,2-3H3/b19-11-. The Kier molecular flexibility index (Phi) is 6.31. The number of hydrogen-bond acceptors (Lipinski definition) is 5. The molecule has 1 aliphatic rings. The minimum atomic E-state index is -0.461. The van der Waals surface area contributed by atoms with Gasteiger partial charge in [0, 0.05) is 10.0 Å². The molecule has 0 saturated heterocycles. The minimum absolute atomic E-state index is 0.409. The van der Waals surface area contributed by atoms with E-state index < -0.39 is 5.97 Å². The number of carbonyl (C=O) groups is 1. The van der Waals surface area contributed by atoms with Gasteiger partial charge in [-0.1, -0.05) is 39.3 Å². The zero-order valence-corrected chi connectivity index (χ0v) is 17.3. The first-order valence-corrected chi connectivity index (χ1v) is 9.48. The van der Waals surface area contributed by atoms with Gasteiger partial charge in [-0.15, -0.1) is 6.58 Å². The zero-order chi connectivity index (χ0) is 20.1. The molecule has 0 saturated carbocycles. The first-order chi connectivity index (χ1) is 13.5. The molecule has 2 aromatic rings. The van der Waals surface area contributed by atoms with Crippen LogP contribution in [-0.4, -0.2) is 18.8 Å². The summed E-state index contributed by atoms with van der Waals surface area (Å²) >= 11 is 3.43. The fourth-order valence-electron chi connectivity index (χ4n) is 2.81. The van der Waals surface area contributed by atoms with Crippen LogP contribution in [0, 0.1) is 0 Å². The van der Waals surface area contributed by atoms with Crippen LogP contribution < -0.4 is 9.47 Å². The van der Waals surface area contributed by atoms with Crippen LogP contribution in [0.1, 0.15) is 23.6 Å². The Balaban J connectivity index is 1.94. The molecular weight excluding hydrogens is 422 g/mol. The summed E-state index contributed by atoms with van der Waals surface area (Å²) in [6.07, 6.45) is 4.14. The average Bonchev–Trinajstić information content (AvgIpc) is 3.00.